The molecule has 0 fully saturated rings. The number of halogens is 1. The Labute approximate surface area is 152 Å². The van der Waals surface area contributed by atoms with Crippen LogP contribution in [0.4, 0.5) is 5.69 Å². The Morgan fingerprint density at radius 2 is 1.92 bits per heavy atom. The van der Waals surface area contributed by atoms with Crippen LogP contribution in [-0.4, -0.2) is 32.1 Å². The van der Waals surface area contributed by atoms with Gasteiger partial charge < -0.3 is 21.1 Å². The van der Waals surface area contributed by atoms with E-state index in [2.05, 4.69) is 15.6 Å². The number of benzene rings is 2. The smallest absolute Gasteiger partial charge is 0.251 e. The molecule has 6 nitrogen and oxygen atoms in total. The summed E-state index contributed by atoms with van der Waals surface area (Å²) in [6.45, 7) is 1.22. The SMILES string of the molecule is COCc1ccccc1NC(N)=NCCNC(=O)c1ccc(Cl)cc1. The number of anilines is 1. The molecule has 2 aromatic carbocycles. The number of ether oxygens (including phenoxy) is 1. The number of carbonyl (C=O) groups is 1. The molecule has 0 aliphatic heterocycles. The number of aliphatic imine (C=N–C) groups is 1. The maximum atomic E-state index is 11.9. The van der Waals surface area contributed by atoms with Crippen LogP contribution in [0.25, 0.3) is 0 Å². The summed E-state index contributed by atoms with van der Waals surface area (Å²) in [5.41, 5.74) is 8.26. The highest BCUT2D eigenvalue weighted by molar-refractivity contribution is 6.30. The third-order valence-corrected chi connectivity index (χ3v) is 3.62. The second-order valence-corrected chi connectivity index (χ2v) is 5.68. The minimum Gasteiger partial charge on any atom is -0.380 e. The highest BCUT2D eigenvalue weighted by Crippen LogP contribution is 2.15. The molecule has 2 rings (SSSR count). The number of hydrogen-bond donors (Lipinski definition) is 3. The number of guanidine groups is 1. The first-order valence-corrected chi connectivity index (χ1v) is 8.15. The summed E-state index contributed by atoms with van der Waals surface area (Å²) in [6.07, 6.45) is 0. The third-order valence-electron chi connectivity index (χ3n) is 3.37. The van der Waals surface area contributed by atoms with Crippen molar-refractivity contribution >= 4 is 29.2 Å². The second kappa shape index (κ2) is 9.66. The number of nitrogens with zero attached hydrogens (tertiary/aromatic N) is 1. The molecule has 7 heteroatoms. The molecule has 0 saturated carbocycles. The highest BCUT2D eigenvalue weighted by atomic mass is 35.5. The number of nitrogens with one attached hydrogen (secondary N) is 2. The van der Waals surface area contributed by atoms with E-state index in [-0.39, 0.29) is 11.9 Å². The van der Waals surface area contributed by atoms with Gasteiger partial charge in [-0.1, -0.05) is 29.8 Å². The maximum Gasteiger partial charge on any atom is 0.251 e. The van der Waals surface area contributed by atoms with Gasteiger partial charge in [-0.2, -0.15) is 0 Å². The molecular weight excluding hydrogens is 340 g/mol. The van der Waals surface area contributed by atoms with Gasteiger partial charge in [0.05, 0.1) is 13.2 Å². The van der Waals surface area contributed by atoms with Crippen molar-refractivity contribution in [2.75, 3.05) is 25.5 Å². The van der Waals surface area contributed by atoms with E-state index >= 15 is 0 Å². The first kappa shape index (κ1) is 18.8. The Balaban J connectivity index is 1.81. The molecule has 0 spiro atoms. The molecule has 25 heavy (non-hydrogen) atoms. The minimum absolute atomic E-state index is 0.177. The molecule has 0 saturated heterocycles. The molecule has 0 aromatic heterocycles. The van der Waals surface area contributed by atoms with Crippen LogP contribution < -0.4 is 16.4 Å². The van der Waals surface area contributed by atoms with Crippen molar-refractivity contribution in [3.63, 3.8) is 0 Å². The molecule has 0 unspecified atom stereocenters. The standard InChI is InChI=1S/C18H21ClN4O2/c1-25-12-14-4-2-3-5-16(14)23-18(20)22-11-10-21-17(24)13-6-8-15(19)9-7-13/h2-9H,10-12H2,1H3,(H,21,24)(H3,20,22,23). The number of rotatable bonds is 7. The van der Waals surface area contributed by atoms with Crippen LogP contribution in [-0.2, 0) is 11.3 Å². The summed E-state index contributed by atoms with van der Waals surface area (Å²) >= 11 is 5.80. The number of carbonyl (C=O) groups excluding carboxylic acids is 1. The van der Waals surface area contributed by atoms with E-state index in [4.69, 9.17) is 22.1 Å². The molecule has 1 amide bonds. The lowest BCUT2D eigenvalue weighted by molar-refractivity contribution is 0.0955. The van der Waals surface area contributed by atoms with Crippen molar-refractivity contribution < 1.29 is 9.53 Å². The van der Waals surface area contributed by atoms with Crippen LogP contribution in [0.3, 0.4) is 0 Å². The lowest BCUT2D eigenvalue weighted by Crippen LogP contribution is -2.28. The number of amides is 1. The average molecular weight is 361 g/mol. The third kappa shape index (κ3) is 6.10. The summed E-state index contributed by atoms with van der Waals surface area (Å²) in [6, 6.07) is 14.4. The van der Waals surface area contributed by atoms with Gasteiger partial charge in [-0.05, 0) is 30.3 Å². The predicted molar refractivity (Wildman–Crippen MR) is 101 cm³/mol. The van der Waals surface area contributed by atoms with Crippen LogP contribution in [0.15, 0.2) is 53.5 Å². The van der Waals surface area contributed by atoms with Crippen LogP contribution in [0.5, 0.6) is 0 Å². The van der Waals surface area contributed by atoms with E-state index in [9.17, 15) is 4.79 Å². The van der Waals surface area contributed by atoms with E-state index in [1.165, 1.54) is 0 Å². The van der Waals surface area contributed by atoms with E-state index < -0.39 is 0 Å². The largest absolute Gasteiger partial charge is 0.380 e. The van der Waals surface area contributed by atoms with E-state index in [1.54, 1.807) is 31.4 Å². The summed E-state index contributed by atoms with van der Waals surface area (Å²) < 4.78 is 5.15. The second-order valence-electron chi connectivity index (χ2n) is 5.24. The summed E-state index contributed by atoms with van der Waals surface area (Å²) in [7, 11) is 1.64. The van der Waals surface area contributed by atoms with Gasteiger partial charge in [0, 0.05) is 35.5 Å². The lowest BCUT2D eigenvalue weighted by Gasteiger charge is -2.11. The maximum absolute atomic E-state index is 11.9. The highest BCUT2D eigenvalue weighted by Gasteiger charge is 2.04. The van der Waals surface area contributed by atoms with Gasteiger partial charge in [-0.25, -0.2) is 0 Å². The molecule has 0 bridgehead atoms. The summed E-state index contributed by atoms with van der Waals surface area (Å²) in [4.78, 5) is 16.2. The zero-order valence-electron chi connectivity index (χ0n) is 14.0. The van der Waals surface area contributed by atoms with Crippen molar-refractivity contribution in [1.82, 2.24) is 5.32 Å². The molecule has 0 heterocycles. The van der Waals surface area contributed by atoms with Crippen LogP contribution >= 0.6 is 11.6 Å². The van der Waals surface area contributed by atoms with Gasteiger partial charge in [0.2, 0.25) is 0 Å². The monoisotopic (exact) mass is 360 g/mol. The van der Waals surface area contributed by atoms with E-state index in [0.717, 1.165) is 11.3 Å². The van der Waals surface area contributed by atoms with Gasteiger partial charge in [-0.15, -0.1) is 0 Å². The zero-order chi connectivity index (χ0) is 18.1. The van der Waals surface area contributed by atoms with E-state index in [1.807, 2.05) is 24.3 Å². The molecular formula is C18H21ClN4O2. The number of para-hydroxylation sites is 1. The van der Waals surface area contributed by atoms with Gasteiger partial charge in [0.25, 0.3) is 5.91 Å². The van der Waals surface area contributed by atoms with Gasteiger partial charge in [-0.3, -0.25) is 9.79 Å². The number of hydrogen-bond acceptors (Lipinski definition) is 3. The first-order chi connectivity index (χ1) is 12.1. The Morgan fingerprint density at radius 1 is 1.20 bits per heavy atom. The molecule has 0 aliphatic rings. The van der Waals surface area contributed by atoms with Crippen LogP contribution in [0.2, 0.25) is 5.02 Å². The normalized spacial score (nSPS) is 11.2. The molecule has 0 atom stereocenters. The molecule has 2 aromatic rings. The van der Waals surface area contributed by atoms with Gasteiger partial charge >= 0.3 is 0 Å². The lowest BCUT2D eigenvalue weighted by atomic mass is 10.2. The van der Waals surface area contributed by atoms with Crippen LogP contribution in [0, 0.1) is 0 Å². The quantitative estimate of drug-likeness (QED) is 0.402. The Hall–Kier alpha value is -2.57. The van der Waals surface area contributed by atoms with Crippen molar-refractivity contribution in [2.45, 2.75) is 6.61 Å². The van der Waals surface area contributed by atoms with E-state index in [0.29, 0.717) is 30.3 Å². The van der Waals surface area contributed by atoms with Crippen molar-refractivity contribution in [1.29, 1.82) is 0 Å². The average Bonchev–Trinajstić information content (AvgIpc) is 2.61. The van der Waals surface area contributed by atoms with Crippen LogP contribution in [0.1, 0.15) is 15.9 Å². The number of methoxy groups -OCH3 is 1. The minimum atomic E-state index is -0.177. The van der Waals surface area contributed by atoms with Crippen molar-refractivity contribution in [2.24, 2.45) is 10.7 Å². The Morgan fingerprint density at radius 3 is 2.64 bits per heavy atom. The topological polar surface area (TPSA) is 88.7 Å². The Kier molecular flexibility index (Phi) is 7.25. The predicted octanol–water partition coefficient (Wildman–Crippen LogP) is 2.64. The molecule has 132 valence electrons. The van der Waals surface area contributed by atoms with Gasteiger partial charge in [0.15, 0.2) is 5.96 Å². The van der Waals surface area contributed by atoms with Crippen molar-refractivity contribution in [3.05, 3.63) is 64.7 Å². The fraction of sp³-hybridized carbons (Fsp3) is 0.222. The Bertz CT molecular complexity index is 732. The van der Waals surface area contributed by atoms with Gasteiger partial charge in [0.1, 0.15) is 0 Å². The molecule has 0 radical (unpaired) electrons. The number of nitrogens with two attached hydrogens (primary N) is 1. The molecule has 4 N–H and O–H groups in total. The van der Waals surface area contributed by atoms with Crippen molar-refractivity contribution in [3.8, 4) is 0 Å². The summed E-state index contributed by atoms with van der Waals surface area (Å²) in [5.74, 6) is 0.105. The summed E-state index contributed by atoms with van der Waals surface area (Å²) in [5, 5.41) is 6.41. The molecule has 0 aliphatic carbocycles. The zero-order valence-corrected chi connectivity index (χ0v) is 14.7. The fourth-order valence-corrected chi connectivity index (χ4v) is 2.28. The fourth-order valence-electron chi connectivity index (χ4n) is 2.15. The first-order valence-electron chi connectivity index (χ1n) is 7.77.